The summed E-state index contributed by atoms with van der Waals surface area (Å²) in [4.78, 5) is 8.60. The highest BCUT2D eigenvalue weighted by Gasteiger charge is 2.07. The molecule has 6 heteroatoms. The molecule has 0 aliphatic rings. The summed E-state index contributed by atoms with van der Waals surface area (Å²) in [6, 6.07) is 1.75. The highest BCUT2D eigenvalue weighted by atomic mass is 16.5. The summed E-state index contributed by atoms with van der Waals surface area (Å²) in [6.45, 7) is 5.94. The van der Waals surface area contributed by atoms with Crippen molar-refractivity contribution in [1.29, 1.82) is 0 Å². The van der Waals surface area contributed by atoms with Crippen LogP contribution in [0, 0.1) is 0 Å². The molecular weight excluding hydrogens is 242 g/mol. The molecule has 0 amide bonds. The normalized spacial score (nSPS) is 10.8. The smallest absolute Gasteiger partial charge is 0.157 e. The van der Waals surface area contributed by atoms with Gasteiger partial charge in [-0.3, -0.25) is 4.68 Å². The minimum Gasteiger partial charge on any atom is -0.384 e. The Hall–Kier alpha value is -1.95. The number of nitrogen functional groups attached to an aromatic ring is 1. The quantitative estimate of drug-likeness (QED) is 0.858. The molecule has 0 unspecified atom stereocenters. The van der Waals surface area contributed by atoms with Crippen molar-refractivity contribution < 1.29 is 4.74 Å². The Morgan fingerprint density at radius 2 is 2.16 bits per heavy atom. The number of hydrogen-bond donors (Lipinski definition) is 1. The van der Waals surface area contributed by atoms with Crippen LogP contribution in [0.1, 0.15) is 26.1 Å². The van der Waals surface area contributed by atoms with Gasteiger partial charge in [0.05, 0.1) is 11.9 Å². The molecule has 0 radical (unpaired) electrons. The molecule has 0 aliphatic heterocycles. The van der Waals surface area contributed by atoms with Gasteiger partial charge in [-0.05, 0) is 13.3 Å². The van der Waals surface area contributed by atoms with Crippen LogP contribution in [0.25, 0.3) is 11.3 Å². The zero-order valence-corrected chi connectivity index (χ0v) is 11.3. The van der Waals surface area contributed by atoms with E-state index in [2.05, 4.69) is 22.0 Å². The first-order chi connectivity index (χ1) is 9.22. The molecular formula is C13H19N5O. The third-order valence-corrected chi connectivity index (χ3v) is 2.61. The Balaban J connectivity index is 2.24. The number of aromatic nitrogens is 4. The van der Waals surface area contributed by atoms with Gasteiger partial charge in [0.25, 0.3) is 0 Å². The molecule has 2 aromatic heterocycles. The highest BCUT2D eigenvalue weighted by molar-refractivity contribution is 5.60. The van der Waals surface area contributed by atoms with Crippen LogP contribution >= 0.6 is 0 Å². The summed E-state index contributed by atoms with van der Waals surface area (Å²) in [5.41, 5.74) is 7.53. The lowest BCUT2D eigenvalue weighted by Gasteiger charge is -2.04. The number of nitrogens with two attached hydrogens (primary N) is 1. The van der Waals surface area contributed by atoms with Gasteiger partial charge in [0.1, 0.15) is 12.4 Å². The average molecular weight is 261 g/mol. The summed E-state index contributed by atoms with van der Waals surface area (Å²) in [7, 11) is 0. The highest BCUT2D eigenvalue weighted by Crippen LogP contribution is 2.18. The second kappa shape index (κ2) is 6.29. The molecule has 6 nitrogen and oxygen atoms in total. The molecule has 102 valence electrons. The molecule has 2 heterocycles. The fraction of sp³-hybridized carbons (Fsp3) is 0.462. The van der Waals surface area contributed by atoms with Crippen molar-refractivity contribution in [3.05, 3.63) is 24.3 Å². The Labute approximate surface area is 112 Å². The molecule has 19 heavy (non-hydrogen) atoms. The van der Waals surface area contributed by atoms with Crippen molar-refractivity contribution >= 4 is 5.82 Å². The van der Waals surface area contributed by atoms with Crippen molar-refractivity contribution in [3.63, 3.8) is 0 Å². The molecule has 0 aliphatic carbocycles. The van der Waals surface area contributed by atoms with Gasteiger partial charge in [0, 0.05) is 31.0 Å². The lowest BCUT2D eigenvalue weighted by molar-refractivity contribution is 0.128. The second-order valence-electron chi connectivity index (χ2n) is 4.22. The standard InChI is InChI=1S/C13H19N5O/c1-3-5-18-8-10(7-15-18)11-6-12(14)17-13(16-11)9-19-4-2/h6-8H,3-5,9H2,1-2H3,(H2,14,16,17). The molecule has 0 aromatic carbocycles. The van der Waals surface area contributed by atoms with Crippen molar-refractivity contribution in [2.45, 2.75) is 33.4 Å². The van der Waals surface area contributed by atoms with Crippen LogP contribution in [0.5, 0.6) is 0 Å². The predicted molar refractivity (Wildman–Crippen MR) is 73.3 cm³/mol. The molecule has 0 bridgehead atoms. The summed E-state index contributed by atoms with van der Waals surface area (Å²) >= 11 is 0. The van der Waals surface area contributed by atoms with Gasteiger partial charge in [0.15, 0.2) is 5.82 Å². The van der Waals surface area contributed by atoms with E-state index in [1.54, 1.807) is 12.3 Å². The largest absolute Gasteiger partial charge is 0.384 e. The average Bonchev–Trinajstić information content (AvgIpc) is 2.85. The molecule has 2 rings (SSSR count). The lowest BCUT2D eigenvalue weighted by atomic mass is 10.2. The van der Waals surface area contributed by atoms with Gasteiger partial charge in [-0.25, -0.2) is 9.97 Å². The van der Waals surface area contributed by atoms with E-state index < -0.39 is 0 Å². The number of anilines is 1. The Bertz CT molecular complexity index is 538. The first-order valence-electron chi connectivity index (χ1n) is 6.47. The minimum atomic E-state index is 0.373. The Kier molecular flexibility index (Phi) is 4.46. The summed E-state index contributed by atoms with van der Waals surface area (Å²) < 4.78 is 7.21. The summed E-state index contributed by atoms with van der Waals surface area (Å²) in [5, 5.41) is 4.29. The maximum absolute atomic E-state index is 5.80. The van der Waals surface area contributed by atoms with Gasteiger partial charge < -0.3 is 10.5 Å². The van der Waals surface area contributed by atoms with Gasteiger partial charge in [-0.2, -0.15) is 5.10 Å². The first-order valence-corrected chi connectivity index (χ1v) is 6.47. The van der Waals surface area contributed by atoms with Crippen LogP contribution in [0.2, 0.25) is 0 Å². The SMILES string of the molecule is CCCn1cc(-c2cc(N)nc(COCC)n2)cn1. The predicted octanol–water partition coefficient (Wildman–Crippen LogP) is 1.87. The fourth-order valence-corrected chi connectivity index (χ4v) is 1.77. The van der Waals surface area contributed by atoms with Crippen LogP contribution < -0.4 is 5.73 Å². The first kappa shape index (κ1) is 13.5. The van der Waals surface area contributed by atoms with Gasteiger partial charge >= 0.3 is 0 Å². The van der Waals surface area contributed by atoms with Crippen molar-refractivity contribution in [2.24, 2.45) is 0 Å². The number of nitrogens with zero attached hydrogens (tertiary/aromatic N) is 4. The molecule has 0 saturated heterocycles. The zero-order valence-electron chi connectivity index (χ0n) is 11.3. The van der Waals surface area contributed by atoms with E-state index in [1.165, 1.54) is 0 Å². The van der Waals surface area contributed by atoms with Crippen molar-refractivity contribution in [2.75, 3.05) is 12.3 Å². The van der Waals surface area contributed by atoms with E-state index >= 15 is 0 Å². The van der Waals surface area contributed by atoms with E-state index in [0.29, 0.717) is 24.9 Å². The maximum atomic E-state index is 5.80. The van der Waals surface area contributed by atoms with Gasteiger partial charge in [-0.1, -0.05) is 6.92 Å². The van der Waals surface area contributed by atoms with Crippen LogP contribution in [0.4, 0.5) is 5.82 Å². The second-order valence-corrected chi connectivity index (χ2v) is 4.22. The van der Waals surface area contributed by atoms with E-state index in [0.717, 1.165) is 24.2 Å². The summed E-state index contributed by atoms with van der Waals surface area (Å²) in [6.07, 6.45) is 4.81. The number of rotatable bonds is 6. The van der Waals surface area contributed by atoms with Crippen LogP contribution in [0.3, 0.4) is 0 Å². The van der Waals surface area contributed by atoms with Crippen LogP contribution in [-0.4, -0.2) is 26.4 Å². The maximum Gasteiger partial charge on any atom is 0.157 e. The van der Waals surface area contributed by atoms with Gasteiger partial charge in [0.2, 0.25) is 0 Å². The third-order valence-electron chi connectivity index (χ3n) is 2.61. The van der Waals surface area contributed by atoms with Crippen LogP contribution in [0.15, 0.2) is 18.5 Å². The Morgan fingerprint density at radius 1 is 1.32 bits per heavy atom. The number of ether oxygens (including phenoxy) is 1. The lowest BCUT2D eigenvalue weighted by Crippen LogP contribution is -2.03. The van der Waals surface area contributed by atoms with Crippen molar-refractivity contribution in [3.8, 4) is 11.3 Å². The summed E-state index contributed by atoms with van der Waals surface area (Å²) in [5.74, 6) is 1.04. The fourth-order valence-electron chi connectivity index (χ4n) is 1.77. The molecule has 2 N–H and O–H groups in total. The molecule has 0 fully saturated rings. The van der Waals surface area contributed by atoms with E-state index in [9.17, 15) is 0 Å². The van der Waals surface area contributed by atoms with Gasteiger partial charge in [-0.15, -0.1) is 0 Å². The number of aryl methyl sites for hydroxylation is 1. The molecule has 0 atom stereocenters. The van der Waals surface area contributed by atoms with Crippen LogP contribution in [-0.2, 0) is 17.9 Å². The molecule has 0 saturated carbocycles. The monoisotopic (exact) mass is 261 g/mol. The molecule has 2 aromatic rings. The number of hydrogen-bond acceptors (Lipinski definition) is 5. The van der Waals surface area contributed by atoms with E-state index in [-0.39, 0.29) is 0 Å². The van der Waals surface area contributed by atoms with Crippen molar-refractivity contribution in [1.82, 2.24) is 19.7 Å². The molecule has 0 spiro atoms. The minimum absolute atomic E-state index is 0.373. The van der Waals surface area contributed by atoms with E-state index in [1.807, 2.05) is 17.8 Å². The van der Waals surface area contributed by atoms with E-state index in [4.69, 9.17) is 10.5 Å². The third kappa shape index (κ3) is 3.51. The zero-order chi connectivity index (χ0) is 13.7. The topological polar surface area (TPSA) is 78.9 Å². The Morgan fingerprint density at radius 3 is 2.89 bits per heavy atom.